The first-order chi connectivity index (χ1) is 10.2. The number of hydrogen-bond donors (Lipinski definition) is 0. The third-order valence-corrected chi connectivity index (χ3v) is 4.12. The third kappa shape index (κ3) is 6.89. The van der Waals surface area contributed by atoms with Crippen LogP contribution in [-0.4, -0.2) is 5.78 Å². The van der Waals surface area contributed by atoms with E-state index in [-0.39, 0.29) is 22.2 Å². The molecule has 1 heteroatoms. The fourth-order valence-corrected chi connectivity index (χ4v) is 3.11. The Hall–Kier alpha value is -1.11. The minimum atomic E-state index is 0.0930. The molecule has 0 bridgehead atoms. The van der Waals surface area contributed by atoms with Crippen LogP contribution < -0.4 is 0 Å². The first-order valence-corrected chi connectivity index (χ1v) is 8.84. The minimum Gasteiger partial charge on any atom is -0.294 e. The zero-order valence-corrected chi connectivity index (χ0v) is 16.7. The number of carbonyl (C=O) groups is 1. The zero-order valence-electron chi connectivity index (χ0n) is 16.7. The summed E-state index contributed by atoms with van der Waals surface area (Å²) in [6.45, 7) is 19.9. The minimum absolute atomic E-state index is 0.0930. The number of ketones is 1. The molecule has 0 N–H and O–H groups in total. The third-order valence-electron chi connectivity index (χ3n) is 4.12. The molecule has 0 amide bonds. The lowest BCUT2D eigenvalue weighted by molar-refractivity contribution is 0.0835. The highest BCUT2D eigenvalue weighted by molar-refractivity contribution is 5.98. The largest absolute Gasteiger partial charge is 0.294 e. The van der Waals surface area contributed by atoms with Crippen molar-refractivity contribution in [2.24, 2.45) is 16.7 Å². The summed E-state index contributed by atoms with van der Waals surface area (Å²) >= 11 is 0. The maximum Gasteiger partial charge on any atom is 0.165 e. The Morgan fingerprint density at radius 2 is 1.17 bits per heavy atom. The monoisotopic (exact) mass is 316 g/mol. The Bertz CT molecular complexity index is 499. The Morgan fingerprint density at radius 3 is 1.48 bits per heavy atom. The Balaban J connectivity index is 3.04. The van der Waals surface area contributed by atoms with E-state index in [2.05, 4.69) is 74.4 Å². The van der Waals surface area contributed by atoms with E-state index in [0.717, 1.165) is 18.4 Å². The van der Waals surface area contributed by atoms with Crippen molar-refractivity contribution in [2.45, 2.75) is 80.6 Å². The number of rotatable bonds is 4. The van der Waals surface area contributed by atoms with Crippen molar-refractivity contribution in [3.8, 4) is 0 Å². The molecule has 0 aliphatic heterocycles. The summed E-state index contributed by atoms with van der Waals surface area (Å²) in [5.74, 6) is 0.394. The molecular formula is C22H36O. The Morgan fingerprint density at radius 1 is 0.783 bits per heavy atom. The van der Waals surface area contributed by atoms with E-state index in [0.29, 0.717) is 5.78 Å². The van der Waals surface area contributed by atoms with Gasteiger partial charge in [0, 0.05) is 11.5 Å². The topological polar surface area (TPSA) is 17.1 Å². The van der Waals surface area contributed by atoms with Gasteiger partial charge in [0.2, 0.25) is 0 Å². The molecule has 23 heavy (non-hydrogen) atoms. The van der Waals surface area contributed by atoms with Gasteiger partial charge in [-0.05, 0) is 34.7 Å². The lowest BCUT2D eigenvalue weighted by Crippen LogP contribution is -2.26. The summed E-state index contributed by atoms with van der Waals surface area (Å²) < 4.78 is 0. The molecule has 1 aromatic rings. The summed E-state index contributed by atoms with van der Waals surface area (Å²) in [6, 6.07) is 8.25. The van der Waals surface area contributed by atoms with Crippen LogP contribution in [0.15, 0.2) is 24.3 Å². The van der Waals surface area contributed by atoms with Crippen molar-refractivity contribution >= 4 is 5.78 Å². The van der Waals surface area contributed by atoms with Crippen LogP contribution >= 0.6 is 0 Å². The fraction of sp³-hybridized carbons (Fsp3) is 0.682. The van der Waals surface area contributed by atoms with Crippen LogP contribution in [0.3, 0.4) is 0 Å². The van der Waals surface area contributed by atoms with Gasteiger partial charge in [-0.15, -0.1) is 0 Å². The van der Waals surface area contributed by atoms with Gasteiger partial charge >= 0.3 is 0 Å². The molecule has 0 heterocycles. The average molecular weight is 317 g/mol. The standard InChI is InChI=1S/C22H36O/c1-20(2,3)14-17(15-21(4,5)6)19(23)16-10-12-18(13-11-16)22(7,8)9/h10-13,17H,14-15H2,1-9H3. The molecule has 0 aromatic heterocycles. The van der Waals surface area contributed by atoms with E-state index < -0.39 is 0 Å². The summed E-state index contributed by atoms with van der Waals surface area (Å²) in [6.07, 6.45) is 1.87. The second-order valence-corrected chi connectivity index (χ2v) is 10.4. The molecule has 1 rings (SSSR count). The van der Waals surface area contributed by atoms with Crippen LogP contribution in [0.1, 0.15) is 91.1 Å². The Kier molecular flexibility index (Phi) is 5.88. The van der Waals surface area contributed by atoms with Gasteiger partial charge in [-0.25, -0.2) is 0 Å². The average Bonchev–Trinajstić information content (AvgIpc) is 2.33. The molecule has 0 unspecified atom stereocenters. The molecule has 0 radical (unpaired) electrons. The molecular weight excluding hydrogens is 280 g/mol. The van der Waals surface area contributed by atoms with E-state index in [1.165, 1.54) is 5.56 Å². The highest BCUT2D eigenvalue weighted by atomic mass is 16.1. The van der Waals surface area contributed by atoms with Gasteiger partial charge in [0.25, 0.3) is 0 Å². The predicted octanol–water partition coefficient (Wildman–Crippen LogP) is 6.66. The van der Waals surface area contributed by atoms with Gasteiger partial charge in [-0.2, -0.15) is 0 Å². The summed E-state index contributed by atoms with van der Waals surface area (Å²) in [4.78, 5) is 13.1. The van der Waals surface area contributed by atoms with Gasteiger partial charge in [-0.1, -0.05) is 86.6 Å². The van der Waals surface area contributed by atoms with Crippen molar-refractivity contribution in [2.75, 3.05) is 0 Å². The van der Waals surface area contributed by atoms with E-state index in [9.17, 15) is 4.79 Å². The molecule has 1 nitrogen and oxygen atoms in total. The van der Waals surface area contributed by atoms with Crippen LogP contribution in [0, 0.1) is 16.7 Å². The zero-order chi connectivity index (χ0) is 18.1. The summed E-state index contributed by atoms with van der Waals surface area (Å²) in [7, 11) is 0. The second-order valence-electron chi connectivity index (χ2n) is 10.4. The Labute approximate surface area is 143 Å². The summed E-state index contributed by atoms with van der Waals surface area (Å²) in [5, 5.41) is 0. The molecule has 0 fully saturated rings. The van der Waals surface area contributed by atoms with Crippen LogP contribution in [0.2, 0.25) is 0 Å². The lowest BCUT2D eigenvalue weighted by Gasteiger charge is -2.30. The van der Waals surface area contributed by atoms with Crippen molar-refractivity contribution in [3.63, 3.8) is 0 Å². The van der Waals surface area contributed by atoms with Crippen molar-refractivity contribution in [3.05, 3.63) is 35.4 Å². The van der Waals surface area contributed by atoms with Gasteiger partial charge in [0.05, 0.1) is 0 Å². The van der Waals surface area contributed by atoms with Crippen LogP contribution in [0.5, 0.6) is 0 Å². The molecule has 0 aliphatic carbocycles. The first-order valence-electron chi connectivity index (χ1n) is 8.84. The fourth-order valence-electron chi connectivity index (χ4n) is 3.11. The van der Waals surface area contributed by atoms with E-state index >= 15 is 0 Å². The molecule has 0 saturated carbocycles. The maximum absolute atomic E-state index is 13.1. The van der Waals surface area contributed by atoms with E-state index in [1.807, 2.05) is 12.1 Å². The first kappa shape index (κ1) is 19.9. The number of carbonyl (C=O) groups excluding carboxylic acids is 1. The van der Waals surface area contributed by atoms with Gasteiger partial charge in [-0.3, -0.25) is 4.79 Å². The van der Waals surface area contributed by atoms with Crippen molar-refractivity contribution in [1.82, 2.24) is 0 Å². The van der Waals surface area contributed by atoms with Crippen LogP contribution in [0.4, 0.5) is 0 Å². The lowest BCUT2D eigenvalue weighted by atomic mass is 9.74. The van der Waals surface area contributed by atoms with E-state index in [4.69, 9.17) is 0 Å². The molecule has 0 aliphatic rings. The predicted molar refractivity (Wildman–Crippen MR) is 101 cm³/mol. The highest BCUT2D eigenvalue weighted by Gasteiger charge is 2.29. The van der Waals surface area contributed by atoms with E-state index in [1.54, 1.807) is 0 Å². The SMILES string of the molecule is CC(C)(C)CC(CC(C)(C)C)C(=O)c1ccc(C(C)(C)C)cc1. The highest BCUT2D eigenvalue weighted by Crippen LogP contribution is 2.35. The number of Topliss-reactive ketones (excluding diaryl/α,β-unsaturated/α-hetero) is 1. The second kappa shape index (κ2) is 6.79. The molecule has 1 aromatic carbocycles. The normalized spacial score (nSPS) is 13.5. The van der Waals surface area contributed by atoms with Crippen LogP contribution in [0.25, 0.3) is 0 Å². The molecule has 0 spiro atoms. The van der Waals surface area contributed by atoms with Crippen LogP contribution in [-0.2, 0) is 5.41 Å². The quantitative estimate of drug-likeness (QED) is 0.568. The van der Waals surface area contributed by atoms with Crippen molar-refractivity contribution in [1.29, 1.82) is 0 Å². The molecule has 0 atom stereocenters. The van der Waals surface area contributed by atoms with Gasteiger partial charge in [0.1, 0.15) is 0 Å². The molecule has 130 valence electrons. The molecule has 0 saturated heterocycles. The smallest absolute Gasteiger partial charge is 0.165 e. The number of benzene rings is 1. The summed E-state index contributed by atoms with van der Waals surface area (Å²) in [5.41, 5.74) is 2.58. The van der Waals surface area contributed by atoms with Gasteiger partial charge in [0.15, 0.2) is 5.78 Å². The van der Waals surface area contributed by atoms with Gasteiger partial charge < -0.3 is 0 Å². The maximum atomic E-state index is 13.1. The number of hydrogen-bond acceptors (Lipinski definition) is 1. The van der Waals surface area contributed by atoms with Crippen molar-refractivity contribution < 1.29 is 4.79 Å².